The fourth-order valence-electron chi connectivity index (χ4n) is 3.15. The summed E-state index contributed by atoms with van der Waals surface area (Å²) in [6.45, 7) is 2.71. The molecule has 0 bridgehead atoms. The lowest BCUT2D eigenvalue weighted by Gasteiger charge is -2.31. The molecule has 3 atom stereocenters. The lowest BCUT2D eigenvalue weighted by atomic mass is 10.1. The van der Waals surface area contributed by atoms with Crippen molar-refractivity contribution in [3.05, 3.63) is 0 Å². The quantitative estimate of drug-likeness (QED) is 0.708. The van der Waals surface area contributed by atoms with Crippen LogP contribution in [-0.2, 0) is 19.1 Å². The number of esters is 1. The maximum absolute atomic E-state index is 12.7. The molecule has 0 spiro atoms. The van der Waals surface area contributed by atoms with Crippen molar-refractivity contribution in [1.82, 2.24) is 9.80 Å². The van der Waals surface area contributed by atoms with Gasteiger partial charge >= 0.3 is 5.97 Å². The van der Waals surface area contributed by atoms with Gasteiger partial charge in [0.25, 0.3) is 0 Å². The average molecular weight is 297 g/mol. The van der Waals surface area contributed by atoms with Crippen LogP contribution in [0.15, 0.2) is 0 Å². The number of hydrogen-bond acceptors (Lipinski definition) is 5. The molecule has 2 amide bonds. The number of carbonyl (C=O) groups excluding carboxylic acids is 3. The smallest absolute Gasteiger partial charge is 0.328 e. The van der Waals surface area contributed by atoms with Crippen LogP contribution in [0.5, 0.6) is 0 Å². The maximum Gasteiger partial charge on any atom is 0.328 e. The molecule has 0 saturated carbocycles. The van der Waals surface area contributed by atoms with Crippen molar-refractivity contribution in [1.29, 1.82) is 0 Å². The Balaban J connectivity index is 2.11. The first-order chi connectivity index (χ1) is 9.97. The Morgan fingerprint density at radius 1 is 1.10 bits per heavy atom. The first kappa shape index (κ1) is 15.8. The van der Waals surface area contributed by atoms with Crippen LogP contribution in [0.4, 0.5) is 0 Å². The highest BCUT2D eigenvalue weighted by Crippen LogP contribution is 2.25. The van der Waals surface area contributed by atoms with Gasteiger partial charge in [0.15, 0.2) is 0 Å². The van der Waals surface area contributed by atoms with Gasteiger partial charge in [-0.05, 0) is 32.6 Å². The van der Waals surface area contributed by atoms with E-state index in [9.17, 15) is 14.4 Å². The summed E-state index contributed by atoms with van der Waals surface area (Å²) in [5.74, 6) is -0.752. The van der Waals surface area contributed by atoms with Gasteiger partial charge in [0, 0.05) is 13.1 Å². The minimum absolute atomic E-state index is 0.158. The van der Waals surface area contributed by atoms with Crippen LogP contribution in [0.3, 0.4) is 0 Å². The molecule has 21 heavy (non-hydrogen) atoms. The summed E-state index contributed by atoms with van der Waals surface area (Å²) in [7, 11) is 1.32. The van der Waals surface area contributed by atoms with Crippen molar-refractivity contribution in [2.75, 3.05) is 20.2 Å². The Morgan fingerprint density at radius 3 is 2.24 bits per heavy atom. The van der Waals surface area contributed by atoms with Gasteiger partial charge in [-0.25, -0.2) is 4.79 Å². The fraction of sp³-hybridized carbons (Fsp3) is 0.786. The zero-order chi connectivity index (χ0) is 15.6. The monoisotopic (exact) mass is 297 g/mol. The minimum atomic E-state index is -0.617. The predicted molar refractivity (Wildman–Crippen MR) is 75.1 cm³/mol. The minimum Gasteiger partial charge on any atom is -0.467 e. The zero-order valence-electron chi connectivity index (χ0n) is 12.6. The SMILES string of the molecule is COC(=O)[C@@H]1CCCN1C(=O)[C@@H]1CCCN1C(=O)[C@H](C)N. The van der Waals surface area contributed by atoms with E-state index >= 15 is 0 Å². The van der Waals surface area contributed by atoms with Gasteiger partial charge < -0.3 is 20.3 Å². The molecule has 7 heteroatoms. The summed E-state index contributed by atoms with van der Waals surface area (Å²) >= 11 is 0. The molecule has 2 heterocycles. The molecule has 0 aromatic heterocycles. The van der Waals surface area contributed by atoms with E-state index in [1.807, 2.05) is 0 Å². The van der Waals surface area contributed by atoms with Crippen molar-refractivity contribution < 1.29 is 19.1 Å². The van der Waals surface area contributed by atoms with Crippen molar-refractivity contribution in [2.45, 2.75) is 50.7 Å². The van der Waals surface area contributed by atoms with E-state index in [0.29, 0.717) is 25.9 Å². The molecule has 2 aliphatic heterocycles. The third-order valence-corrected chi connectivity index (χ3v) is 4.22. The number of nitrogens with zero attached hydrogens (tertiary/aromatic N) is 2. The normalized spacial score (nSPS) is 26.8. The molecule has 2 rings (SSSR count). The summed E-state index contributed by atoms with van der Waals surface area (Å²) < 4.78 is 4.76. The second-order valence-corrected chi connectivity index (χ2v) is 5.69. The average Bonchev–Trinajstić information content (AvgIpc) is 3.13. The standard InChI is InChI=1S/C14H23N3O4/c1-9(15)12(18)16-7-3-5-10(16)13(19)17-8-4-6-11(17)14(20)21-2/h9-11H,3-8,15H2,1-2H3/t9-,10-,11-/m0/s1. The highest BCUT2D eigenvalue weighted by molar-refractivity contribution is 5.92. The fourth-order valence-corrected chi connectivity index (χ4v) is 3.15. The number of rotatable bonds is 3. The number of likely N-dealkylation sites (tertiary alicyclic amines) is 2. The molecule has 7 nitrogen and oxygen atoms in total. The van der Waals surface area contributed by atoms with Gasteiger partial charge in [-0.3, -0.25) is 9.59 Å². The third-order valence-electron chi connectivity index (χ3n) is 4.22. The largest absolute Gasteiger partial charge is 0.467 e. The lowest BCUT2D eigenvalue weighted by Crippen LogP contribution is -2.53. The molecule has 2 saturated heterocycles. The molecular formula is C14H23N3O4. The highest BCUT2D eigenvalue weighted by Gasteiger charge is 2.42. The van der Waals surface area contributed by atoms with Gasteiger partial charge in [0.2, 0.25) is 11.8 Å². The summed E-state index contributed by atoms with van der Waals surface area (Å²) in [5.41, 5.74) is 5.64. The highest BCUT2D eigenvalue weighted by atomic mass is 16.5. The predicted octanol–water partition coefficient (Wildman–Crippen LogP) is -0.511. The number of amides is 2. The van der Waals surface area contributed by atoms with E-state index in [2.05, 4.69) is 0 Å². The van der Waals surface area contributed by atoms with Crippen LogP contribution in [0, 0.1) is 0 Å². The molecular weight excluding hydrogens is 274 g/mol. The van der Waals surface area contributed by atoms with E-state index in [0.717, 1.165) is 12.8 Å². The first-order valence-corrected chi connectivity index (χ1v) is 7.41. The lowest BCUT2D eigenvalue weighted by molar-refractivity contribution is -0.153. The maximum atomic E-state index is 12.7. The molecule has 2 fully saturated rings. The number of hydrogen-bond donors (Lipinski definition) is 1. The molecule has 0 aliphatic carbocycles. The second-order valence-electron chi connectivity index (χ2n) is 5.69. The third kappa shape index (κ3) is 3.02. The molecule has 0 aromatic rings. The second kappa shape index (κ2) is 6.43. The van der Waals surface area contributed by atoms with Crippen molar-refractivity contribution in [3.8, 4) is 0 Å². The van der Waals surface area contributed by atoms with Gasteiger partial charge in [-0.1, -0.05) is 0 Å². The van der Waals surface area contributed by atoms with Gasteiger partial charge in [0.1, 0.15) is 12.1 Å². The van der Waals surface area contributed by atoms with Crippen LogP contribution in [0.1, 0.15) is 32.6 Å². The van der Waals surface area contributed by atoms with E-state index in [-0.39, 0.29) is 17.8 Å². The summed E-state index contributed by atoms with van der Waals surface area (Å²) in [6.07, 6.45) is 2.80. The number of nitrogens with two attached hydrogens (primary N) is 1. The van der Waals surface area contributed by atoms with Crippen LogP contribution in [0.2, 0.25) is 0 Å². The van der Waals surface area contributed by atoms with Crippen molar-refractivity contribution in [3.63, 3.8) is 0 Å². The molecule has 118 valence electrons. The van der Waals surface area contributed by atoms with E-state index in [1.54, 1.807) is 16.7 Å². The van der Waals surface area contributed by atoms with E-state index in [1.165, 1.54) is 7.11 Å². The number of carbonyl (C=O) groups is 3. The Hall–Kier alpha value is -1.63. The van der Waals surface area contributed by atoms with Crippen molar-refractivity contribution in [2.24, 2.45) is 5.73 Å². The molecule has 0 unspecified atom stereocenters. The van der Waals surface area contributed by atoms with Crippen LogP contribution < -0.4 is 5.73 Å². The van der Waals surface area contributed by atoms with Gasteiger partial charge in [-0.2, -0.15) is 0 Å². The summed E-state index contributed by atoms with van der Waals surface area (Å²) in [6, 6.07) is -1.63. The van der Waals surface area contributed by atoms with Gasteiger partial charge in [0.05, 0.1) is 13.2 Å². The summed E-state index contributed by atoms with van der Waals surface area (Å²) in [4.78, 5) is 39.6. The van der Waals surface area contributed by atoms with Crippen molar-refractivity contribution >= 4 is 17.8 Å². The molecule has 0 aromatic carbocycles. The molecule has 2 aliphatic rings. The zero-order valence-corrected chi connectivity index (χ0v) is 12.6. The van der Waals surface area contributed by atoms with E-state index < -0.39 is 18.1 Å². The van der Waals surface area contributed by atoms with Crippen LogP contribution >= 0.6 is 0 Å². The molecule has 2 N–H and O–H groups in total. The Labute approximate surface area is 124 Å². The number of ether oxygens (including phenoxy) is 1. The Morgan fingerprint density at radius 2 is 1.67 bits per heavy atom. The van der Waals surface area contributed by atoms with E-state index in [4.69, 9.17) is 10.5 Å². The molecule has 0 radical (unpaired) electrons. The number of methoxy groups -OCH3 is 1. The summed E-state index contributed by atoms with van der Waals surface area (Å²) in [5, 5.41) is 0. The van der Waals surface area contributed by atoms with Crippen LogP contribution in [-0.4, -0.2) is 65.9 Å². The first-order valence-electron chi connectivity index (χ1n) is 7.41. The van der Waals surface area contributed by atoms with Crippen LogP contribution in [0.25, 0.3) is 0 Å². The Kier molecular flexibility index (Phi) is 4.82. The topological polar surface area (TPSA) is 92.9 Å². The Bertz CT molecular complexity index is 438. The van der Waals surface area contributed by atoms with Gasteiger partial charge in [-0.15, -0.1) is 0 Å².